The Labute approximate surface area is 101 Å². The van der Waals surface area contributed by atoms with Gasteiger partial charge in [-0.1, -0.05) is 17.7 Å². The van der Waals surface area contributed by atoms with E-state index in [-0.39, 0.29) is 6.61 Å². The number of rotatable bonds is 2. The van der Waals surface area contributed by atoms with Gasteiger partial charge in [-0.05, 0) is 18.6 Å². The fraction of sp³-hybridized carbons (Fsp3) is 0.500. The van der Waals surface area contributed by atoms with Crippen LogP contribution in [0, 0.1) is 0 Å². The highest BCUT2D eigenvalue weighted by Crippen LogP contribution is 2.28. The SMILES string of the molecule is OCc1c(Cl)cccc1N1CCCOCC1. The first-order chi connectivity index (χ1) is 7.83. The molecule has 4 heteroatoms. The second kappa shape index (κ2) is 5.53. The van der Waals surface area contributed by atoms with E-state index in [9.17, 15) is 5.11 Å². The van der Waals surface area contributed by atoms with Crippen molar-refractivity contribution >= 4 is 17.3 Å². The molecule has 1 aliphatic heterocycles. The molecule has 1 aromatic carbocycles. The lowest BCUT2D eigenvalue weighted by Gasteiger charge is -2.24. The van der Waals surface area contributed by atoms with Crippen molar-refractivity contribution in [2.24, 2.45) is 0 Å². The molecule has 0 unspecified atom stereocenters. The zero-order chi connectivity index (χ0) is 11.4. The molecule has 1 saturated heterocycles. The van der Waals surface area contributed by atoms with E-state index in [1.807, 2.05) is 18.2 Å². The summed E-state index contributed by atoms with van der Waals surface area (Å²) in [4.78, 5) is 2.23. The lowest BCUT2D eigenvalue weighted by molar-refractivity contribution is 0.152. The Morgan fingerprint density at radius 2 is 2.19 bits per heavy atom. The summed E-state index contributed by atoms with van der Waals surface area (Å²) in [5.74, 6) is 0. The molecule has 0 aliphatic carbocycles. The van der Waals surface area contributed by atoms with Gasteiger partial charge in [0.25, 0.3) is 0 Å². The molecular formula is C12H16ClNO2. The van der Waals surface area contributed by atoms with E-state index in [0.717, 1.165) is 44.0 Å². The topological polar surface area (TPSA) is 32.7 Å². The van der Waals surface area contributed by atoms with E-state index in [2.05, 4.69) is 4.90 Å². The summed E-state index contributed by atoms with van der Waals surface area (Å²) in [5, 5.41) is 9.99. The van der Waals surface area contributed by atoms with Gasteiger partial charge >= 0.3 is 0 Å². The summed E-state index contributed by atoms with van der Waals surface area (Å²) >= 11 is 6.07. The maximum absolute atomic E-state index is 9.36. The van der Waals surface area contributed by atoms with E-state index >= 15 is 0 Å². The summed E-state index contributed by atoms with van der Waals surface area (Å²) in [5.41, 5.74) is 1.84. The van der Waals surface area contributed by atoms with Crippen LogP contribution < -0.4 is 4.90 Å². The van der Waals surface area contributed by atoms with Crippen molar-refractivity contribution < 1.29 is 9.84 Å². The number of ether oxygens (including phenoxy) is 1. The van der Waals surface area contributed by atoms with Crippen molar-refractivity contribution in [2.75, 3.05) is 31.2 Å². The fourth-order valence-electron chi connectivity index (χ4n) is 1.99. The molecule has 0 spiro atoms. The predicted molar refractivity (Wildman–Crippen MR) is 65.0 cm³/mol. The van der Waals surface area contributed by atoms with Crippen LogP contribution >= 0.6 is 11.6 Å². The Morgan fingerprint density at radius 1 is 1.31 bits per heavy atom. The molecular weight excluding hydrogens is 226 g/mol. The van der Waals surface area contributed by atoms with Crippen molar-refractivity contribution in [1.82, 2.24) is 0 Å². The zero-order valence-corrected chi connectivity index (χ0v) is 9.91. The van der Waals surface area contributed by atoms with Crippen LogP contribution in [0.5, 0.6) is 0 Å². The molecule has 0 aromatic heterocycles. The third kappa shape index (κ3) is 2.48. The number of hydrogen-bond acceptors (Lipinski definition) is 3. The lowest BCUT2D eigenvalue weighted by Crippen LogP contribution is -2.27. The summed E-state index contributed by atoms with van der Waals surface area (Å²) in [6.07, 6.45) is 1.01. The number of anilines is 1. The monoisotopic (exact) mass is 241 g/mol. The first kappa shape index (κ1) is 11.7. The van der Waals surface area contributed by atoms with Crippen molar-refractivity contribution in [3.05, 3.63) is 28.8 Å². The molecule has 16 heavy (non-hydrogen) atoms. The van der Waals surface area contributed by atoms with Crippen LogP contribution in [-0.4, -0.2) is 31.4 Å². The standard InChI is InChI=1S/C12H16ClNO2/c13-11-3-1-4-12(10(11)9-15)14-5-2-7-16-8-6-14/h1,3-4,15H,2,5-9H2. The fourth-order valence-corrected chi connectivity index (χ4v) is 2.22. The Bertz CT molecular complexity index is 349. The van der Waals surface area contributed by atoms with Crippen LogP contribution in [0.1, 0.15) is 12.0 Å². The van der Waals surface area contributed by atoms with E-state index in [1.54, 1.807) is 0 Å². The van der Waals surface area contributed by atoms with Gasteiger partial charge in [-0.2, -0.15) is 0 Å². The second-order valence-corrected chi connectivity index (χ2v) is 4.26. The van der Waals surface area contributed by atoms with Gasteiger partial charge in [0, 0.05) is 36.0 Å². The van der Waals surface area contributed by atoms with Gasteiger partial charge in [-0.3, -0.25) is 0 Å². The minimum absolute atomic E-state index is 0.0215. The van der Waals surface area contributed by atoms with E-state index in [0.29, 0.717) is 5.02 Å². The lowest BCUT2D eigenvalue weighted by atomic mass is 10.1. The first-order valence-electron chi connectivity index (χ1n) is 5.54. The maximum Gasteiger partial charge on any atom is 0.0716 e. The van der Waals surface area contributed by atoms with Crippen LogP contribution in [0.4, 0.5) is 5.69 Å². The van der Waals surface area contributed by atoms with Crippen LogP contribution in [0.3, 0.4) is 0 Å². The number of aliphatic hydroxyl groups is 1. The van der Waals surface area contributed by atoms with Gasteiger partial charge in [-0.25, -0.2) is 0 Å². The molecule has 0 radical (unpaired) electrons. The number of benzene rings is 1. The summed E-state index contributed by atoms with van der Waals surface area (Å²) < 4.78 is 5.41. The number of aliphatic hydroxyl groups excluding tert-OH is 1. The molecule has 1 aliphatic rings. The average Bonchev–Trinajstić information content (AvgIpc) is 2.57. The van der Waals surface area contributed by atoms with E-state index < -0.39 is 0 Å². The van der Waals surface area contributed by atoms with Crippen LogP contribution in [0.2, 0.25) is 5.02 Å². The molecule has 88 valence electrons. The molecule has 0 amide bonds. The van der Waals surface area contributed by atoms with E-state index in [1.165, 1.54) is 0 Å². The third-order valence-electron chi connectivity index (χ3n) is 2.82. The second-order valence-electron chi connectivity index (χ2n) is 3.85. The number of nitrogens with zero attached hydrogens (tertiary/aromatic N) is 1. The highest BCUT2D eigenvalue weighted by atomic mass is 35.5. The van der Waals surface area contributed by atoms with Gasteiger partial charge in [-0.15, -0.1) is 0 Å². The number of hydrogen-bond donors (Lipinski definition) is 1. The Morgan fingerprint density at radius 3 is 3.00 bits per heavy atom. The molecule has 0 bridgehead atoms. The quantitative estimate of drug-likeness (QED) is 0.861. The van der Waals surface area contributed by atoms with Gasteiger partial charge in [0.15, 0.2) is 0 Å². The Hall–Kier alpha value is -0.770. The summed E-state index contributed by atoms with van der Waals surface area (Å²) in [6.45, 7) is 3.33. The van der Waals surface area contributed by atoms with E-state index in [4.69, 9.17) is 16.3 Å². The molecule has 1 N–H and O–H groups in total. The van der Waals surface area contributed by atoms with Crippen molar-refractivity contribution in [3.63, 3.8) is 0 Å². The first-order valence-corrected chi connectivity index (χ1v) is 5.91. The average molecular weight is 242 g/mol. The minimum atomic E-state index is -0.0215. The highest BCUT2D eigenvalue weighted by Gasteiger charge is 2.14. The van der Waals surface area contributed by atoms with Crippen LogP contribution in [0.15, 0.2) is 18.2 Å². The molecule has 1 fully saturated rings. The van der Waals surface area contributed by atoms with Gasteiger partial charge in [0.2, 0.25) is 0 Å². The van der Waals surface area contributed by atoms with Gasteiger partial charge < -0.3 is 14.7 Å². The zero-order valence-electron chi connectivity index (χ0n) is 9.16. The molecule has 3 nitrogen and oxygen atoms in total. The summed E-state index contributed by atoms with van der Waals surface area (Å²) in [6, 6.07) is 5.73. The van der Waals surface area contributed by atoms with Crippen molar-refractivity contribution in [2.45, 2.75) is 13.0 Å². The molecule has 1 aromatic rings. The molecule has 2 rings (SSSR count). The largest absolute Gasteiger partial charge is 0.392 e. The number of halogens is 1. The summed E-state index contributed by atoms with van der Waals surface area (Å²) in [7, 11) is 0. The van der Waals surface area contributed by atoms with Gasteiger partial charge in [0.1, 0.15) is 0 Å². The van der Waals surface area contributed by atoms with Crippen LogP contribution in [-0.2, 0) is 11.3 Å². The predicted octanol–water partition coefficient (Wildman–Crippen LogP) is 2.06. The van der Waals surface area contributed by atoms with Gasteiger partial charge in [0.05, 0.1) is 13.2 Å². The van der Waals surface area contributed by atoms with Crippen LogP contribution in [0.25, 0.3) is 0 Å². The normalized spacial score (nSPS) is 17.2. The van der Waals surface area contributed by atoms with Crippen molar-refractivity contribution in [3.8, 4) is 0 Å². The molecule has 0 saturated carbocycles. The smallest absolute Gasteiger partial charge is 0.0716 e. The Kier molecular flexibility index (Phi) is 4.04. The highest BCUT2D eigenvalue weighted by molar-refractivity contribution is 6.31. The van der Waals surface area contributed by atoms with Crippen molar-refractivity contribution in [1.29, 1.82) is 0 Å². The molecule has 0 atom stereocenters. The third-order valence-corrected chi connectivity index (χ3v) is 3.17. The molecule has 1 heterocycles. The maximum atomic E-state index is 9.36. The minimum Gasteiger partial charge on any atom is -0.392 e. The Balaban J connectivity index is 2.27.